The van der Waals surface area contributed by atoms with Gasteiger partial charge in [-0.25, -0.2) is 9.69 Å². The van der Waals surface area contributed by atoms with Gasteiger partial charge in [-0.3, -0.25) is 9.69 Å². The average Bonchev–Trinajstić information content (AvgIpc) is 3.14. The van der Waals surface area contributed by atoms with Crippen LogP contribution in [-0.4, -0.2) is 49.2 Å². The summed E-state index contributed by atoms with van der Waals surface area (Å²) in [5, 5.41) is 3.01. The number of hydrogen-bond donors (Lipinski definition) is 1. The molecule has 0 atom stereocenters. The van der Waals surface area contributed by atoms with Gasteiger partial charge in [0.2, 0.25) is 0 Å². The van der Waals surface area contributed by atoms with E-state index < -0.39 is 11.6 Å². The monoisotopic (exact) mass is 457 g/mol. The maximum absolute atomic E-state index is 14.0. The van der Waals surface area contributed by atoms with Crippen molar-refractivity contribution in [1.82, 2.24) is 15.1 Å². The number of urea groups is 1. The summed E-state index contributed by atoms with van der Waals surface area (Å²) in [5.41, 5.74) is 2.56. The van der Waals surface area contributed by atoms with Gasteiger partial charge < -0.3 is 14.8 Å². The van der Waals surface area contributed by atoms with E-state index in [1.165, 1.54) is 16.0 Å². The first-order valence-electron chi connectivity index (χ1n) is 11.3. The molecule has 7 heteroatoms. The van der Waals surface area contributed by atoms with Gasteiger partial charge in [0.25, 0.3) is 5.91 Å². The number of hydrogen-bond acceptors (Lipinski definition) is 5. The lowest BCUT2D eigenvalue weighted by atomic mass is 9.82. The topological polar surface area (TPSA) is 71.1 Å². The second kappa shape index (κ2) is 8.83. The Kier molecular flexibility index (Phi) is 5.71. The van der Waals surface area contributed by atoms with E-state index in [-0.39, 0.29) is 12.6 Å². The number of ether oxygens (including phenoxy) is 2. The molecule has 3 amide bonds. The minimum Gasteiger partial charge on any atom is -0.497 e. The zero-order valence-electron chi connectivity index (χ0n) is 19.3. The molecular weight excluding hydrogens is 430 g/mol. The first-order valence-corrected chi connectivity index (χ1v) is 11.3. The molecule has 3 aromatic rings. The highest BCUT2D eigenvalue weighted by Gasteiger charge is 2.54. The quantitative estimate of drug-likeness (QED) is 0.574. The predicted octanol–water partition coefficient (Wildman–Crippen LogP) is 3.52. The van der Waals surface area contributed by atoms with Gasteiger partial charge in [0.1, 0.15) is 11.5 Å². The van der Waals surface area contributed by atoms with Gasteiger partial charge in [0.15, 0.2) is 5.54 Å². The van der Waals surface area contributed by atoms with E-state index in [4.69, 9.17) is 9.47 Å². The Morgan fingerprint density at radius 1 is 0.824 bits per heavy atom. The fraction of sp³-hybridized carbons (Fsp3) is 0.259. The van der Waals surface area contributed by atoms with Gasteiger partial charge in [-0.05, 0) is 52.9 Å². The highest BCUT2D eigenvalue weighted by Crippen LogP contribution is 2.38. The van der Waals surface area contributed by atoms with Crippen LogP contribution < -0.4 is 14.8 Å². The van der Waals surface area contributed by atoms with Crippen molar-refractivity contribution in [2.45, 2.75) is 18.5 Å². The molecule has 0 unspecified atom stereocenters. The van der Waals surface area contributed by atoms with Crippen LogP contribution in [0.3, 0.4) is 0 Å². The lowest BCUT2D eigenvalue weighted by Gasteiger charge is -2.32. The molecule has 2 heterocycles. The molecule has 2 aliphatic heterocycles. The third-order valence-corrected chi connectivity index (χ3v) is 6.70. The number of fused-ring (bicyclic) bond motifs is 1. The third-order valence-electron chi connectivity index (χ3n) is 6.70. The Morgan fingerprint density at radius 2 is 1.38 bits per heavy atom. The number of methoxy groups -OCH3 is 2. The number of carbonyl (C=O) groups excluding carboxylic acids is 2. The number of benzene rings is 3. The van der Waals surface area contributed by atoms with Crippen molar-refractivity contribution in [3.05, 3.63) is 95.1 Å². The molecule has 5 rings (SSSR count). The second-order valence-corrected chi connectivity index (χ2v) is 8.58. The largest absolute Gasteiger partial charge is 0.497 e. The zero-order valence-corrected chi connectivity index (χ0v) is 19.3. The minimum atomic E-state index is -1.33. The molecule has 0 aromatic heterocycles. The zero-order chi connectivity index (χ0) is 23.7. The second-order valence-electron chi connectivity index (χ2n) is 8.58. The Bertz CT molecular complexity index is 1160. The van der Waals surface area contributed by atoms with Crippen molar-refractivity contribution in [2.24, 2.45) is 0 Å². The Morgan fingerprint density at radius 3 is 1.94 bits per heavy atom. The molecule has 0 saturated carbocycles. The van der Waals surface area contributed by atoms with E-state index in [1.54, 1.807) is 38.5 Å². The van der Waals surface area contributed by atoms with E-state index in [2.05, 4.69) is 22.3 Å². The van der Waals surface area contributed by atoms with Crippen molar-refractivity contribution in [1.29, 1.82) is 0 Å². The molecule has 2 aliphatic rings. The summed E-state index contributed by atoms with van der Waals surface area (Å²) in [5.74, 6) is 1.05. The van der Waals surface area contributed by atoms with Crippen molar-refractivity contribution in [3.63, 3.8) is 0 Å². The summed E-state index contributed by atoms with van der Waals surface area (Å²) in [7, 11) is 3.19. The smallest absolute Gasteiger partial charge is 0.326 e. The van der Waals surface area contributed by atoms with Crippen molar-refractivity contribution in [3.8, 4) is 11.5 Å². The van der Waals surface area contributed by atoms with Crippen molar-refractivity contribution < 1.29 is 19.1 Å². The van der Waals surface area contributed by atoms with Crippen LogP contribution in [-0.2, 0) is 23.3 Å². The Balaban J connectivity index is 1.49. The van der Waals surface area contributed by atoms with Crippen LogP contribution in [0.1, 0.15) is 22.3 Å². The molecule has 3 aromatic carbocycles. The lowest BCUT2D eigenvalue weighted by Crippen LogP contribution is -2.47. The van der Waals surface area contributed by atoms with Gasteiger partial charge in [0, 0.05) is 13.1 Å². The lowest BCUT2D eigenvalue weighted by molar-refractivity contribution is -0.131. The predicted molar refractivity (Wildman–Crippen MR) is 128 cm³/mol. The fourth-order valence-electron chi connectivity index (χ4n) is 4.82. The molecule has 34 heavy (non-hydrogen) atoms. The van der Waals surface area contributed by atoms with Crippen LogP contribution in [0.25, 0.3) is 0 Å². The molecule has 1 fully saturated rings. The van der Waals surface area contributed by atoms with Crippen molar-refractivity contribution in [2.75, 3.05) is 27.4 Å². The maximum Gasteiger partial charge on any atom is 0.326 e. The van der Waals surface area contributed by atoms with Crippen LogP contribution >= 0.6 is 0 Å². The number of rotatable bonds is 6. The Hall–Kier alpha value is -3.84. The van der Waals surface area contributed by atoms with Crippen molar-refractivity contribution >= 4 is 11.9 Å². The highest BCUT2D eigenvalue weighted by molar-refractivity contribution is 6.09. The standard InChI is InChI=1S/C27H27N3O4/c1-33-23-11-7-21(8-12-23)27(22-9-13-24(34-2)14-10-22)25(31)30(26(32)28-27)18-29-16-15-19-5-3-4-6-20(19)17-29/h3-14H,15-18H2,1-2H3,(H,28,32). The van der Waals surface area contributed by atoms with Crippen LogP contribution in [0, 0.1) is 0 Å². The highest BCUT2D eigenvalue weighted by atomic mass is 16.5. The number of amides is 3. The van der Waals surface area contributed by atoms with Crippen LogP contribution in [0.15, 0.2) is 72.8 Å². The van der Waals surface area contributed by atoms with Gasteiger partial charge in [0.05, 0.1) is 20.9 Å². The Labute approximate surface area is 198 Å². The number of imide groups is 1. The number of nitrogens with zero attached hydrogens (tertiary/aromatic N) is 2. The number of carbonyl (C=O) groups is 2. The first-order chi connectivity index (χ1) is 16.5. The fourth-order valence-corrected chi connectivity index (χ4v) is 4.82. The van der Waals surface area contributed by atoms with Crippen LogP contribution in [0.4, 0.5) is 4.79 Å². The van der Waals surface area contributed by atoms with E-state index >= 15 is 0 Å². The molecule has 1 N–H and O–H groups in total. The van der Waals surface area contributed by atoms with Gasteiger partial charge >= 0.3 is 6.03 Å². The van der Waals surface area contributed by atoms with Crippen LogP contribution in [0.5, 0.6) is 11.5 Å². The minimum absolute atomic E-state index is 0.229. The van der Waals surface area contributed by atoms with Gasteiger partial charge in [-0.2, -0.15) is 0 Å². The molecule has 174 valence electrons. The van der Waals surface area contributed by atoms with E-state index in [1.807, 2.05) is 36.4 Å². The van der Waals surface area contributed by atoms with E-state index in [0.717, 1.165) is 13.0 Å². The average molecular weight is 458 g/mol. The molecule has 0 spiro atoms. The maximum atomic E-state index is 14.0. The summed E-state index contributed by atoms with van der Waals surface area (Å²) in [6.07, 6.45) is 0.891. The molecule has 1 saturated heterocycles. The summed E-state index contributed by atoms with van der Waals surface area (Å²) < 4.78 is 10.6. The third kappa shape index (κ3) is 3.68. The SMILES string of the molecule is COc1ccc(C2(c3ccc(OC)cc3)NC(=O)N(CN3CCc4ccccc4C3)C2=O)cc1. The molecule has 7 nitrogen and oxygen atoms in total. The molecule has 0 radical (unpaired) electrons. The summed E-state index contributed by atoms with van der Waals surface area (Å²) in [6.45, 7) is 1.71. The van der Waals surface area contributed by atoms with Gasteiger partial charge in [-0.1, -0.05) is 48.5 Å². The summed E-state index contributed by atoms with van der Waals surface area (Å²) in [4.78, 5) is 30.7. The first kappa shape index (κ1) is 22.0. The molecule has 0 aliphatic carbocycles. The number of nitrogens with one attached hydrogen (secondary N) is 1. The molecule has 0 bridgehead atoms. The summed E-state index contributed by atoms with van der Waals surface area (Å²) in [6, 6.07) is 22.4. The van der Waals surface area contributed by atoms with Gasteiger partial charge in [-0.15, -0.1) is 0 Å². The van der Waals surface area contributed by atoms with E-state index in [9.17, 15) is 9.59 Å². The van der Waals surface area contributed by atoms with E-state index in [0.29, 0.717) is 29.2 Å². The molecular formula is C27H27N3O4. The summed E-state index contributed by atoms with van der Waals surface area (Å²) >= 11 is 0. The van der Waals surface area contributed by atoms with Crippen LogP contribution in [0.2, 0.25) is 0 Å². The normalized spacial score (nSPS) is 17.3.